The molecule has 0 aliphatic carbocycles. The van der Waals surface area contributed by atoms with E-state index in [2.05, 4.69) is 0 Å². The first kappa shape index (κ1) is 27.3. The number of hydrogen-bond donors (Lipinski definition) is 6. The van der Waals surface area contributed by atoms with Crippen molar-refractivity contribution >= 4 is 31.2 Å². The van der Waals surface area contributed by atoms with Gasteiger partial charge in [0.1, 0.15) is 0 Å². The van der Waals surface area contributed by atoms with Gasteiger partial charge in [-0.2, -0.15) is 0 Å². The van der Waals surface area contributed by atoms with Crippen LogP contribution in [0.1, 0.15) is 0 Å². The third-order valence-corrected chi connectivity index (χ3v) is 0.737. The average Bonchev–Trinajstić information content (AvgIpc) is 2.23. The summed E-state index contributed by atoms with van der Waals surface area (Å²) in [7, 11) is -2.42. The summed E-state index contributed by atoms with van der Waals surface area (Å²) in [5.74, 6) is -5.03. The molecule has 0 atom stereocenters. The maximum absolute atomic E-state index is 9.55. The van der Waals surface area contributed by atoms with Crippen molar-refractivity contribution in [2.24, 2.45) is 0 Å². The van der Waals surface area contributed by atoms with E-state index in [0.717, 1.165) is 0 Å². The summed E-state index contributed by atoms with van der Waals surface area (Å²) in [5.41, 5.74) is 0. The molecule has 0 fully saturated rings. The number of carboxylic acid groups (broad SMARTS) is 4. The zero-order valence-corrected chi connectivity index (χ0v) is 10.6. The molecule has 0 saturated carbocycles. The Labute approximate surface area is 129 Å². The Morgan fingerprint density at radius 1 is 0.667 bits per heavy atom. The Bertz CT molecular complexity index is 321. The molecule has 0 unspecified atom stereocenters. The number of hydrogen-bond acceptors (Lipinski definition) is 7. The van der Waals surface area contributed by atoms with Crippen LogP contribution in [0.5, 0.6) is 0 Å². The van der Waals surface area contributed by atoms with Gasteiger partial charge < -0.3 is 35.5 Å². The Morgan fingerprint density at radius 3 is 0.810 bits per heavy atom. The monoisotopic (exact) mass is 300 g/mol. The van der Waals surface area contributed by atoms with Crippen molar-refractivity contribution in [2.75, 3.05) is 0 Å². The van der Waals surface area contributed by atoms with Crippen molar-refractivity contribution < 1.29 is 73.5 Å². The van der Waals surface area contributed by atoms with Crippen molar-refractivity contribution in [3.8, 4) is 0 Å². The molecule has 0 heterocycles. The zero-order valence-electron chi connectivity index (χ0n) is 10.6. The standard InChI is InChI=1S/2C4H4O4.BH2O3.Li/c2*5-3(6)1-2-4(7)8;2-1(3)4;/h2*1-2H,(H,5,6)(H,7,8);2-3H;/q;;-1;+1/b2*2-1-;;. The predicted molar refractivity (Wildman–Crippen MR) is 59.0 cm³/mol. The van der Waals surface area contributed by atoms with Crippen LogP contribution in [0, 0.1) is 0 Å². The second-order valence-electron chi connectivity index (χ2n) is 2.35. The fraction of sp³-hybridized carbons (Fsp3) is 0. The maximum Gasteiger partial charge on any atom is 1.00 e. The van der Waals surface area contributed by atoms with Gasteiger partial charge in [-0.25, -0.2) is 19.2 Å². The van der Waals surface area contributed by atoms with Gasteiger partial charge in [0.15, 0.2) is 0 Å². The van der Waals surface area contributed by atoms with E-state index in [1.807, 2.05) is 0 Å². The third-order valence-electron chi connectivity index (χ3n) is 0.737. The topological polar surface area (TPSA) is 213 Å². The molecular formula is C8H10BLiO11. The number of carboxylic acids is 4. The molecule has 0 amide bonds. The molecule has 0 aromatic heterocycles. The summed E-state index contributed by atoms with van der Waals surface area (Å²) in [6, 6.07) is 0. The second-order valence-corrected chi connectivity index (χ2v) is 2.35. The van der Waals surface area contributed by atoms with E-state index in [-0.39, 0.29) is 18.9 Å². The van der Waals surface area contributed by atoms with E-state index in [0.29, 0.717) is 24.3 Å². The van der Waals surface area contributed by atoms with E-state index in [1.165, 1.54) is 0 Å². The van der Waals surface area contributed by atoms with E-state index in [1.54, 1.807) is 0 Å². The minimum absolute atomic E-state index is 0. The molecule has 0 spiro atoms. The number of carbonyl (C=O) groups is 4. The Balaban J connectivity index is -0.000000107. The molecule has 21 heavy (non-hydrogen) atoms. The average molecular weight is 300 g/mol. The summed E-state index contributed by atoms with van der Waals surface area (Å²) in [6.45, 7) is 0. The van der Waals surface area contributed by atoms with E-state index in [9.17, 15) is 19.2 Å². The van der Waals surface area contributed by atoms with Gasteiger partial charge in [0.25, 0.3) is 0 Å². The van der Waals surface area contributed by atoms with Gasteiger partial charge in [0, 0.05) is 24.3 Å². The largest absolute Gasteiger partial charge is 1.00 e. The summed E-state index contributed by atoms with van der Waals surface area (Å²) in [5, 5.41) is 54.0. The molecular weight excluding hydrogens is 290 g/mol. The minimum Gasteiger partial charge on any atom is -0.832 e. The van der Waals surface area contributed by atoms with Crippen LogP contribution in [0.2, 0.25) is 0 Å². The summed E-state index contributed by atoms with van der Waals surface area (Å²) < 4.78 is 0. The first-order chi connectivity index (χ1) is 8.98. The van der Waals surface area contributed by atoms with E-state index < -0.39 is 31.2 Å². The van der Waals surface area contributed by atoms with Crippen LogP contribution in [-0.4, -0.2) is 61.7 Å². The fourth-order valence-corrected chi connectivity index (χ4v) is 0.285. The zero-order chi connectivity index (χ0) is 16.7. The minimum atomic E-state index is -2.42. The first-order valence-electron chi connectivity index (χ1n) is 4.28. The van der Waals surface area contributed by atoms with Gasteiger partial charge in [-0.15, -0.1) is 0 Å². The molecule has 0 aromatic rings. The van der Waals surface area contributed by atoms with E-state index in [4.69, 9.17) is 35.5 Å². The van der Waals surface area contributed by atoms with Crippen LogP contribution in [0.15, 0.2) is 24.3 Å². The predicted octanol–water partition coefficient (Wildman–Crippen LogP) is -6.26. The van der Waals surface area contributed by atoms with Crippen molar-refractivity contribution in [2.45, 2.75) is 0 Å². The molecule has 0 aromatic carbocycles. The first-order valence-corrected chi connectivity index (χ1v) is 4.28. The van der Waals surface area contributed by atoms with Crippen molar-refractivity contribution in [3.05, 3.63) is 24.3 Å². The molecule has 0 rings (SSSR count). The van der Waals surface area contributed by atoms with E-state index >= 15 is 0 Å². The fourth-order valence-electron chi connectivity index (χ4n) is 0.285. The second kappa shape index (κ2) is 17.9. The van der Waals surface area contributed by atoms with Crippen molar-refractivity contribution in [3.63, 3.8) is 0 Å². The van der Waals surface area contributed by atoms with Crippen LogP contribution in [0.3, 0.4) is 0 Å². The molecule has 0 saturated heterocycles. The molecule has 0 aliphatic heterocycles. The normalized spacial score (nSPS) is 8.52. The number of aliphatic carboxylic acids is 4. The van der Waals surface area contributed by atoms with Gasteiger partial charge in [-0.3, -0.25) is 0 Å². The molecule has 0 aliphatic rings. The van der Waals surface area contributed by atoms with Crippen molar-refractivity contribution in [1.82, 2.24) is 0 Å². The van der Waals surface area contributed by atoms with Crippen molar-refractivity contribution in [1.29, 1.82) is 0 Å². The quantitative estimate of drug-likeness (QED) is 0.212. The molecule has 0 radical (unpaired) electrons. The van der Waals surface area contributed by atoms with Crippen LogP contribution in [0.4, 0.5) is 0 Å². The Hall–Kier alpha value is -2.10. The Kier molecular flexibility index (Phi) is 23.3. The molecule has 6 N–H and O–H groups in total. The van der Waals surface area contributed by atoms with Gasteiger partial charge in [-0.1, -0.05) is 0 Å². The molecule has 0 bridgehead atoms. The van der Waals surface area contributed by atoms with Gasteiger partial charge >= 0.3 is 50.1 Å². The third kappa shape index (κ3) is 72.5. The molecule has 13 heteroatoms. The van der Waals surface area contributed by atoms with Crippen LogP contribution in [0.25, 0.3) is 0 Å². The van der Waals surface area contributed by atoms with Crippen LogP contribution in [-0.2, 0) is 19.2 Å². The van der Waals surface area contributed by atoms with Gasteiger partial charge in [0.05, 0.1) is 0 Å². The summed E-state index contributed by atoms with van der Waals surface area (Å²) >= 11 is 0. The molecule has 112 valence electrons. The molecule has 11 nitrogen and oxygen atoms in total. The van der Waals surface area contributed by atoms with Gasteiger partial charge in [-0.05, 0) is 0 Å². The smallest absolute Gasteiger partial charge is 0.832 e. The SMILES string of the molecule is O=C(O)/C=C\C(=O)O.O=C(O)/C=C\C(=O)O.[Li+].[O-]B(O)O. The summed E-state index contributed by atoms with van der Waals surface area (Å²) in [6.07, 6.45) is 2.23. The van der Waals surface area contributed by atoms with Gasteiger partial charge in [0.2, 0.25) is 0 Å². The van der Waals surface area contributed by atoms with Crippen LogP contribution >= 0.6 is 0 Å². The Morgan fingerprint density at radius 2 is 0.762 bits per heavy atom. The van der Waals surface area contributed by atoms with Crippen LogP contribution < -0.4 is 23.9 Å². The maximum atomic E-state index is 9.55. The summed E-state index contributed by atoms with van der Waals surface area (Å²) in [4.78, 5) is 38.2. The number of rotatable bonds is 4.